The molecule has 0 aliphatic carbocycles. The van der Waals surface area contributed by atoms with Crippen LogP contribution in [0.4, 0.5) is 10.1 Å². The van der Waals surface area contributed by atoms with E-state index < -0.39 is 12.1 Å². The first-order chi connectivity index (χ1) is 12.4. The average Bonchev–Trinajstić information content (AvgIpc) is 2.63. The Bertz CT molecular complexity index is 758. The Kier molecular flexibility index (Phi) is 6.89. The number of esters is 1. The number of hydrogen-bond acceptors (Lipinski definition) is 3. The second kappa shape index (κ2) is 9.13. The van der Waals surface area contributed by atoms with Crippen LogP contribution in [-0.4, -0.2) is 18.0 Å². The molecule has 0 aliphatic heterocycles. The summed E-state index contributed by atoms with van der Waals surface area (Å²) in [5.74, 6) is -0.972. The number of carbonyl (C=O) groups is 2. The molecule has 0 aliphatic rings. The molecule has 4 nitrogen and oxygen atoms in total. The third-order valence-electron chi connectivity index (χ3n) is 4.30. The van der Waals surface area contributed by atoms with Crippen LogP contribution in [0.25, 0.3) is 0 Å². The third-order valence-corrected chi connectivity index (χ3v) is 4.30. The molecule has 0 saturated heterocycles. The molecule has 2 aromatic carbocycles. The van der Waals surface area contributed by atoms with Crippen LogP contribution in [0.3, 0.4) is 0 Å². The van der Waals surface area contributed by atoms with Crippen molar-refractivity contribution in [1.82, 2.24) is 0 Å². The van der Waals surface area contributed by atoms with Gasteiger partial charge >= 0.3 is 5.97 Å². The minimum atomic E-state index is -0.923. The first-order valence-electron chi connectivity index (χ1n) is 8.74. The van der Waals surface area contributed by atoms with Crippen LogP contribution in [0.5, 0.6) is 0 Å². The highest BCUT2D eigenvalue weighted by Crippen LogP contribution is 2.26. The summed E-state index contributed by atoms with van der Waals surface area (Å²) in [6, 6.07) is 13.2. The molecule has 2 rings (SSSR count). The van der Waals surface area contributed by atoms with Crippen molar-refractivity contribution >= 4 is 17.6 Å². The monoisotopic (exact) mass is 357 g/mol. The van der Waals surface area contributed by atoms with Crippen LogP contribution in [0.1, 0.15) is 44.2 Å². The molecule has 0 bridgehead atoms. The number of hydrogen-bond donors (Lipinski definition) is 1. The lowest BCUT2D eigenvalue weighted by Crippen LogP contribution is -2.30. The molecule has 1 amide bonds. The van der Waals surface area contributed by atoms with Gasteiger partial charge in [-0.15, -0.1) is 0 Å². The van der Waals surface area contributed by atoms with Gasteiger partial charge in [0.1, 0.15) is 5.82 Å². The molecule has 0 unspecified atom stereocenters. The van der Waals surface area contributed by atoms with E-state index in [0.717, 1.165) is 17.7 Å². The van der Waals surface area contributed by atoms with Crippen molar-refractivity contribution < 1.29 is 18.7 Å². The fourth-order valence-electron chi connectivity index (χ4n) is 2.56. The molecule has 0 spiro atoms. The zero-order valence-electron chi connectivity index (χ0n) is 15.3. The van der Waals surface area contributed by atoms with E-state index in [1.165, 1.54) is 31.2 Å². The topological polar surface area (TPSA) is 55.4 Å². The standard InChI is InChI=1S/C21H24FNO3/c1-4-14(2)18-7-5-6-8-19(18)23-21(25)15(3)26-20(24)13-16-9-11-17(22)12-10-16/h5-12,14-15H,4,13H2,1-3H3,(H,23,25)/t14-,15+/m0/s1. The van der Waals surface area contributed by atoms with Gasteiger partial charge in [0.05, 0.1) is 6.42 Å². The van der Waals surface area contributed by atoms with Crippen molar-refractivity contribution in [3.05, 3.63) is 65.5 Å². The Morgan fingerprint density at radius 2 is 1.73 bits per heavy atom. The van der Waals surface area contributed by atoms with Crippen LogP contribution >= 0.6 is 0 Å². The van der Waals surface area contributed by atoms with Gasteiger partial charge in [-0.25, -0.2) is 4.39 Å². The van der Waals surface area contributed by atoms with Crippen molar-refractivity contribution in [2.24, 2.45) is 0 Å². The highest BCUT2D eigenvalue weighted by atomic mass is 19.1. The summed E-state index contributed by atoms with van der Waals surface area (Å²) in [4.78, 5) is 24.4. The van der Waals surface area contributed by atoms with Gasteiger partial charge in [-0.2, -0.15) is 0 Å². The van der Waals surface area contributed by atoms with Crippen LogP contribution in [0.15, 0.2) is 48.5 Å². The summed E-state index contributed by atoms with van der Waals surface area (Å²) in [5, 5.41) is 2.84. The van der Waals surface area contributed by atoms with Gasteiger partial charge in [0.2, 0.25) is 0 Å². The molecule has 2 atom stereocenters. The summed E-state index contributed by atoms with van der Waals surface area (Å²) < 4.78 is 18.1. The first kappa shape index (κ1) is 19.6. The van der Waals surface area contributed by atoms with E-state index in [-0.39, 0.29) is 18.1 Å². The Balaban J connectivity index is 1.95. The number of anilines is 1. The molecule has 0 fully saturated rings. The quantitative estimate of drug-likeness (QED) is 0.745. The van der Waals surface area contributed by atoms with E-state index in [4.69, 9.17) is 4.74 Å². The molecule has 0 radical (unpaired) electrons. The molecule has 0 heterocycles. The second-order valence-corrected chi connectivity index (χ2v) is 6.32. The molecular formula is C21H24FNO3. The summed E-state index contributed by atoms with van der Waals surface area (Å²) in [6.45, 7) is 5.71. The Morgan fingerprint density at radius 3 is 2.38 bits per heavy atom. The second-order valence-electron chi connectivity index (χ2n) is 6.32. The van der Waals surface area contributed by atoms with Crippen molar-refractivity contribution in [1.29, 1.82) is 0 Å². The number of nitrogens with one attached hydrogen (secondary N) is 1. The maximum atomic E-state index is 12.9. The molecule has 0 aromatic heterocycles. The number of halogens is 1. The minimum Gasteiger partial charge on any atom is -0.452 e. The number of carbonyl (C=O) groups excluding carboxylic acids is 2. The van der Waals surface area contributed by atoms with Crippen molar-refractivity contribution in [3.8, 4) is 0 Å². The summed E-state index contributed by atoms with van der Waals surface area (Å²) in [5.41, 5.74) is 2.41. The molecule has 138 valence electrons. The van der Waals surface area contributed by atoms with Gasteiger partial charge in [0.25, 0.3) is 5.91 Å². The number of rotatable bonds is 7. The summed E-state index contributed by atoms with van der Waals surface area (Å²) in [6.07, 6.45) is 0.0177. The zero-order chi connectivity index (χ0) is 19.1. The molecule has 1 N–H and O–H groups in total. The van der Waals surface area contributed by atoms with E-state index in [0.29, 0.717) is 11.5 Å². The maximum Gasteiger partial charge on any atom is 0.311 e. The third kappa shape index (κ3) is 5.41. The van der Waals surface area contributed by atoms with Crippen molar-refractivity contribution in [3.63, 3.8) is 0 Å². The predicted molar refractivity (Wildman–Crippen MR) is 99.4 cm³/mol. The maximum absolute atomic E-state index is 12.9. The van der Waals surface area contributed by atoms with Crippen LogP contribution in [-0.2, 0) is 20.7 Å². The van der Waals surface area contributed by atoms with Gasteiger partial charge < -0.3 is 10.1 Å². The van der Waals surface area contributed by atoms with Gasteiger partial charge in [0.15, 0.2) is 6.10 Å². The fraction of sp³-hybridized carbons (Fsp3) is 0.333. The van der Waals surface area contributed by atoms with E-state index in [2.05, 4.69) is 19.2 Å². The number of benzene rings is 2. The zero-order valence-corrected chi connectivity index (χ0v) is 15.3. The SMILES string of the molecule is CC[C@H](C)c1ccccc1NC(=O)[C@@H](C)OC(=O)Cc1ccc(F)cc1. The van der Waals surface area contributed by atoms with Crippen molar-refractivity contribution in [2.45, 2.75) is 45.6 Å². The van der Waals surface area contributed by atoms with E-state index in [1.807, 2.05) is 24.3 Å². The fourth-order valence-corrected chi connectivity index (χ4v) is 2.56. The van der Waals surface area contributed by atoms with Crippen LogP contribution < -0.4 is 5.32 Å². The predicted octanol–water partition coefficient (Wildman–Crippen LogP) is 4.45. The lowest BCUT2D eigenvalue weighted by molar-refractivity contribution is -0.152. The van der Waals surface area contributed by atoms with Gasteiger partial charge in [0, 0.05) is 5.69 Å². The van der Waals surface area contributed by atoms with E-state index in [9.17, 15) is 14.0 Å². The highest BCUT2D eigenvalue weighted by Gasteiger charge is 2.20. The Labute approximate surface area is 153 Å². The largest absolute Gasteiger partial charge is 0.452 e. The number of para-hydroxylation sites is 1. The minimum absolute atomic E-state index is 0.0125. The Morgan fingerprint density at radius 1 is 1.08 bits per heavy atom. The van der Waals surface area contributed by atoms with E-state index >= 15 is 0 Å². The van der Waals surface area contributed by atoms with E-state index in [1.54, 1.807) is 0 Å². The van der Waals surface area contributed by atoms with Crippen LogP contribution in [0, 0.1) is 5.82 Å². The molecule has 26 heavy (non-hydrogen) atoms. The van der Waals surface area contributed by atoms with Crippen molar-refractivity contribution in [2.75, 3.05) is 5.32 Å². The molecule has 5 heteroatoms. The first-order valence-corrected chi connectivity index (χ1v) is 8.74. The normalized spacial score (nSPS) is 12.9. The van der Waals surface area contributed by atoms with Gasteiger partial charge in [-0.05, 0) is 48.6 Å². The summed E-state index contributed by atoms with van der Waals surface area (Å²) in [7, 11) is 0. The molecule has 2 aromatic rings. The summed E-state index contributed by atoms with van der Waals surface area (Å²) >= 11 is 0. The highest BCUT2D eigenvalue weighted by molar-refractivity contribution is 5.95. The average molecular weight is 357 g/mol. The smallest absolute Gasteiger partial charge is 0.311 e. The lowest BCUT2D eigenvalue weighted by atomic mass is 9.97. The molecule has 0 saturated carbocycles. The van der Waals surface area contributed by atoms with Gasteiger partial charge in [-0.3, -0.25) is 9.59 Å². The molecular weight excluding hydrogens is 333 g/mol. The number of amides is 1. The lowest BCUT2D eigenvalue weighted by Gasteiger charge is -2.18. The van der Waals surface area contributed by atoms with Gasteiger partial charge in [-0.1, -0.05) is 44.2 Å². The number of ether oxygens (including phenoxy) is 1. The van der Waals surface area contributed by atoms with Crippen LogP contribution in [0.2, 0.25) is 0 Å². The Hall–Kier alpha value is -2.69.